The van der Waals surface area contributed by atoms with Gasteiger partial charge in [0.25, 0.3) is 5.91 Å². The first kappa shape index (κ1) is 15.9. The number of amides is 1. The minimum Gasteiger partial charge on any atom is -0.350 e. The zero-order valence-electron chi connectivity index (χ0n) is 12.9. The first-order chi connectivity index (χ1) is 12.2. The van der Waals surface area contributed by atoms with Gasteiger partial charge in [-0.2, -0.15) is 0 Å². The van der Waals surface area contributed by atoms with Crippen LogP contribution < -0.4 is 10.9 Å². The van der Waals surface area contributed by atoms with Crippen LogP contribution in [-0.4, -0.2) is 15.9 Å². The first-order valence-electron chi connectivity index (χ1n) is 7.55. The molecule has 0 saturated carbocycles. The maximum absolute atomic E-state index is 12.3. The van der Waals surface area contributed by atoms with E-state index in [1.165, 1.54) is 11.3 Å². The van der Waals surface area contributed by atoms with Crippen molar-refractivity contribution in [2.24, 2.45) is 0 Å². The summed E-state index contributed by atoms with van der Waals surface area (Å²) in [6.07, 6.45) is 0. The Morgan fingerprint density at radius 2 is 1.92 bits per heavy atom. The monoisotopic (exact) mass is 412 g/mol. The molecule has 0 aliphatic carbocycles. The normalized spacial score (nSPS) is 10.8. The summed E-state index contributed by atoms with van der Waals surface area (Å²) in [4.78, 5) is 19.9. The molecule has 0 atom stereocenters. The molecule has 0 spiro atoms. The summed E-state index contributed by atoms with van der Waals surface area (Å²) in [5.74, 6) is -0.242. The molecular formula is C18H13BrN4OS. The molecule has 4 rings (SSSR count). The van der Waals surface area contributed by atoms with E-state index in [4.69, 9.17) is 0 Å². The number of aromatic amines is 1. The molecule has 0 aliphatic rings. The number of carbonyl (C=O) groups is 1. The summed E-state index contributed by atoms with van der Waals surface area (Å²) < 4.78 is 0.981. The van der Waals surface area contributed by atoms with E-state index < -0.39 is 0 Å². The van der Waals surface area contributed by atoms with E-state index in [0.29, 0.717) is 10.8 Å². The molecular weight excluding hydrogens is 400 g/mol. The molecule has 4 aromatic rings. The van der Waals surface area contributed by atoms with Gasteiger partial charge in [-0.1, -0.05) is 52.3 Å². The lowest BCUT2D eigenvalue weighted by Gasteiger charge is -2.04. The van der Waals surface area contributed by atoms with Gasteiger partial charge in [-0.15, -0.1) is 11.3 Å². The van der Waals surface area contributed by atoms with E-state index in [9.17, 15) is 4.79 Å². The molecule has 0 fully saturated rings. The number of fused-ring (bicyclic) bond motifs is 1. The number of nitrogens with zero attached hydrogens (tertiary/aromatic N) is 1. The third-order valence-corrected chi connectivity index (χ3v) is 5.16. The maximum Gasteiger partial charge on any atom is 0.286 e. The Bertz CT molecular complexity index is 1020. The van der Waals surface area contributed by atoms with Gasteiger partial charge in [0.1, 0.15) is 5.69 Å². The van der Waals surface area contributed by atoms with Gasteiger partial charge in [0, 0.05) is 26.3 Å². The molecule has 0 bridgehead atoms. The number of rotatable bonds is 4. The lowest BCUT2D eigenvalue weighted by molar-refractivity contribution is 0.0958. The van der Waals surface area contributed by atoms with E-state index in [1.807, 2.05) is 60.0 Å². The lowest BCUT2D eigenvalue weighted by atomic mass is 10.2. The van der Waals surface area contributed by atoms with Crippen LogP contribution in [0.5, 0.6) is 0 Å². The molecule has 0 aliphatic heterocycles. The Hall–Kier alpha value is -2.64. The standard InChI is InChI=1S/C18H13BrN4OS/c19-13-7-3-2-6-12(13)16-10-25-18(21-16)23-22-17(24)15-9-11-5-1-4-8-14(11)20-15/h1-10,20H,(H,21,23)(H,22,24). The van der Waals surface area contributed by atoms with Crippen LogP contribution in [-0.2, 0) is 0 Å². The molecule has 0 unspecified atom stereocenters. The van der Waals surface area contributed by atoms with Crippen LogP contribution in [0.2, 0.25) is 0 Å². The fourth-order valence-corrected chi connectivity index (χ4v) is 3.65. The van der Waals surface area contributed by atoms with Crippen molar-refractivity contribution in [1.82, 2.24) is 15.4 Å². The van der Waals surface area contributed by atoms with E-state index in [0.717, 1.165) is 26.6 Å². The van der Waals surface area contributed by atoms with Gasteiger partial charge in [-0.25, -0.2) is 4.98 Å². The van der Waals surface area contributed by atoms with Crippen LogP contribution in [0, 0.1) is 0 Å². The Kier molecular flexibility index (Phi) is 4.25. The minimum absolute atomic E-state index is 0.242. The molecule has 5 nitrogen and oxygen atoms in total. The molecule has 0 saturated heterocycles. The van der Waals surface area contributed by atoms with Gasteiger partial charge >= 0.3 is 0 Å². The zero-order valence-corrected chi connectivity index (χ0v) is 15.3. The van der Waals surface area contributed by atoms with Crippen molar-refractivity contribution in [3.8, 4) is 11.3 Å². The summed E-state index contributed by atoms with van der Waals surface area (Å²) >= 11 is 4.95. The summed E-state index contributed by atoms with van der Waals surface area (Å²) in [6.45, 7) is 0. The molecule has 2 heterocycles. The van der Waals surface area contributed by atoms with Gasteiger partial charge < -0.3 is 4.98 Å². The quantitative estimate of drug-likeness (QED) is 0.421. The SMILES string of the molecule is O=C(NNc1nc(-c2ccccc2Br)cs1)c1cc2ccccc2[nH]1. The number of anilines is 1. The molecule has 2 aromatic heterocycles. The van der Waals surface area contributed by atoms with Crippen molar-refractivity contribution in [3.05, 3.63) is 70.1 Å². The summed E-state index contributed by atoms with van der Waals surface area (Å²) in [5, 5.41) is 3.56. The number of hydrogen-bond acceptors (Lipinski definition) is 4. The largest absolute Gasteiger partial charge is 0.350 e. The lowest BCUT2D eigenvalue weighted by Crippen LogP contribution is -2.29. The zero-order chi connectivity index (χ0) is 17.2. The van der Waals surface area contributed by atoms with Crippen molar-refractivity contribution >= 4 is 49.2 Å². The van der Waals surface area contributed by atoms with Gasteiger partial charge in [-0.3, -0.25) is 15.6 Å². The molecule has 124 valence electrons. The van der Waals surface area contributed by atoms with Gasteiger partial charge in [0.05, 0.1) is 5.69 Å². The van der Waals surface area contributed by atoms with Gasteiger partial charge in [0.15, 0.2) is 0 Å². The topological polar surface area (TPSA) is 69.8 Å². The van der Waals surface area contributed by atoms with E-state index in [1.54, 1.807) is 0 Å². The van der Waals surface area contributed by atoms with Crippen LogP contribution in [0.4, 0.5) is 5.13 Å². The Morgan fingerprint density at radius 3 is 2.76 bits per heavy atom. The Labute approximate surface area is 156 Å². The number of carbonyl (C=O) groups excluding carboxylic acids is 1. The van der Waals surface area contributed by atoms with Gasteiger partial charge in [0.2, 0.25) is 5.13 Å². The highest BCUT2D eigenvalue weighted by Crippen LogP contribution is 2.30. The summed E-state index contributed by atoms with van der Waals surface area (Å²) in [7, 11) is 0. The number of hydrazine groups is 1. The van der Waals surface area contributed by atoms with Crippen molar-refractivity contribution in [3.63, 3.8) is 0 Å². The highest BCUT2D eigenvalue weighted by molar-refractivity contribution is 9.10. The minimum atomic E-state index is -0.242. The van der Waals surface area contributed by atoms with Crippen LogP contribution >= 0.6 is 27.3 Å². The van der Waals surface area contributed by atoms with Crippen molar-refractivity contribution in [1.29, 1.82) is 0 Å². The van der Waals surface area contributed by atoms with Crippen LogP contribution in [0.25, 0.3) is 22.2 Å². The van der Waals surface area contributed by atoms with E-state index in [2.05, 4.69) is 36.7 Å². The molecule has 25 heavy (non-hydrogen) atoms. The Balaban J connectivity index is 1.46. The van der Waals surface area contributed by atoms with Crippen molar-refractivity contribution < 1.29 is 4.79 Å². The van der Waals surface area contributed by atoms with E-state index >= 15 is 0 Å². The third-order valence-electron chi connectivity index (χ3n) is 3.71. The number of benzene rings is 2. The molecule has 7 heteroatoms. The number of hydrogen-bond donors (Lipinski definition) is 3. The summed E-state index contributed by atoms with van der Waals surface area (Å²) in [6, 6.07) is 17.5. The first-order valence-corrected chi connectivity index (χ1v) is 9.22. The molecule has 1 amide bonds. The molecule has 2 aromatic carbocycles. The fourth-order valence-electron chi connectivity index (χ4n) is 2.50. The smallest absolute Gasteiger partial charge is 0.286 e. The van der Waals surface area contributed by atoms with E-state index in [-0.39, 0.29) is 5.91 Å². The maximum atomic E-state index is 12.3. The number of halogens is 1. The van der Waals surface area contributed by atoms with Crippen molar-refractivity contribution in [2.75, 3.05) is 5.43 Å². The number of nitrogens with one attached hydrogen (secondary N) is 3. The van der Waals surface area contributed by atoms with Crippen molar-refractivity contribution in [2.45, 2.75) is 0 Å². The number of para-hydroxylation sites is 1. The van der Waals surface area contributed by atoms with Crippen LogP contribution in [0.1, 0.15) is 10.5 Å². The highest BCUT2D eigenvalue weighted by Gasteiger charge is 2.11. The highest BCUT2D eigenvalue weighted by atomic mass is 79.9. The summed E-state index contributed by atoms with van der Waals surface area (Å²) in [5.41, 5.74) is 8.82. The predicted molar refractivity (Wildman–Crippen MR) is 105 cm³/mol. The fraction of sp³-hybridized carbons (Fsp3) is 0. The molecule has 3 N–H and O–H groups in total. The second-order valence-electron chi connectivity index (χ2n) is 5.37. The predicted octanol–water partition coefficient (Wildman–Crippen LogP) is 4.81. The molecule has 0 radical (unpaired) electrons. The Morgan fingerprint density at radius 1 is 1.12 bits per heavy atom. The van der Waals surface area contributed by atoms with Crippen LogP contribution in [0.15, 0.2) is 64.5 Å². The average Bonchev–Trinajstić information content (AvgIpc) is 3.27. The number of H-pyrrole nitrogens is 1. The second-order valence-corrected chi connectivity index (χ2v) is 7.08. The average molecular weight is 413 g/mol. The second kappa shape index (κ2) is 6.70. The van der Waals surface area contributed by atoms with Gasteiger partial charge in [-0.05, 0) is 18.2 Å². The number of aromatic nitrogens is 2. The number of thiazole rings is 1. The third kappa shape index (κ3) is 3.29. The van der Waals surface area contributed by atoms with Crippen LogP contribution in [0.3, 0.4) is 0 Å².